The van der Waals surface area contributed by atoms with Crippen LogP contribution in [-0.4, -0.2) is 28.3 Å². The van der Waals surface area contributed by atoms with Crippen molar-refractivity contribution in [1.29, 1.82) is 0 Å². The van der Waals surface area contributed by atoms with E-state index < -0.39 is 16.9 Å². The quantitative estimate of drug-likeness (QED) is 0.200. The maximum absolute atomic E-state index is 13.6. The van der Waals surface area contributed by atoms with Crippen molar-refractivity contribution in [2.75, 3.05) is 12.9 Å². The van der Waals surface area contributed by atoms with E-state index in [-0.39, 0.29) is 23.8 Å². The lowest BCUT2D eigenvalue weighted by atomic mass is 9.96. The van der Waals surface area contributed by atoms with E-state index in [1.54, 1.807) is 36.9 Å². The Morgan fingerprint density at radius 3 is 2.47 bits per heavy atom. The second kappa shape index (κ2) is 10.6. The molecule has 0 bridgehead atoms. The van der Waals surface area contributed by atoms with Crippen molar-refractivity contribution in [2.24, 2.45) is 10.9 Å². The van der Waals surface area contributed by atoms with Gasteiger partial charge in [0.25, 0.3) is 11.2 Å². The number of nitro benzene ring substituents is 1. The van der Waals surface area contributed by atoms with Gasteiger partial charge in [0.1, 0.15) is 0 Å². The summed E-state index contributed by atoms with van der Waals surface area (Å²) in [6.07, 6.45) is 3.66. The minimum absolute atomic E-state index is 0.0255. The first-order valence-electron chi connectivity index (χ1n) is 11.3. The molecule has 1 unspecified atom stereocenters. The molecule has 0 fully saturated rings. The number of rotatable bonds is 7. The average Bonchev–Trinajstić information content (AvgIpc) is 3.16. The van der Waals surface area contributed by atoms with Gasteiger partial charge in [-0.1, -0.05) is 37.3 Å². The third-order valence-corrected chi connectivity index (χ3v) is 7.35. The highest BCUT2D eigenvalue weighted by molar-refractivity contribution is 7.98. The average molecular weight is 524 g/mol. The number of hydrogen-bond donors (Lipinski definition) is 0. The van der Waals surface area contributed by atoms with Crippen LogP contribution in [0.25, 0.3) is 6.08 Å². The molecule has 0 radical (unpaired) electrons. The van der Waals surface area contributed by atoms with Crippen molar-refractivity contribution in [3.05, 3.63) is 101 Å². The lowest BCUT2D eigenvalue weighted by molar-refractivity contribution is -0.384. The molecule has 1 aliphatic rings. The van der Waals surface area contributed by atoms with Gasteiger partial charge in [-0.15, -0.1) is 11.8 Å². The number of carbonyl (C=O) groups is 1. The van der Waals surface area contributed by atoms with Crippen LogP contribution in [0, 0.1) is 16.0 Å². The molecule has 36 heavy (non-hydrogen) atoms. The molecule has 0 N–H and O–H groups in total. The molecule has 186 valence electrons. The van der Waals surface area contributed by atoms with Crippen molar-refractivity contribution in [3.8, 4) is 0 Å². The summed E-state index contributed by atoms with van der Waals surface area (Å²) in [7, 11) is 0. The standard InChI is InChI=1S/C26H25N3O5S2/c1-15(2)14-34-25(31)22-16(3)27-26-28(23(22)18-7-11-20(35-4)12-8-18)24(30)21(36-26)13-17-5-9-19(10-6-17)29(32)33/h5-13,15,23H,14H2,1-4H3. The van der Waals surface area contributed by atoms with Gasteiger partial charge in [-0.2, -0.15) is 0 Å². The molecule has 0 saturated carbocycles. The lowest BCUT2D eigenvalue weighted by Crippen LogP contribution is -2.40. The molecule has 0 saturated heterocycles. The predicted molar refractivity (Wildman–Crippen MR) is 141 cm³/mol. The number of hydrogen-bond acceptors (Lipinski definition) is 8. The van der Waals surface area contributed by atoms with Crippen LogP contribution < -0.4 is 14.9 Å². The highest BCUT2D eigenvalue weighted by Crippen LogP contribution is 2.31. The van der Waals surface area contributed by atoms with E-state index in [1.165, 1.54) is 28.0 Å². The summed E-state index contributed by atoms with van der Waals surface area (Å²) in [5.41, 5.74) is 1.95. The first-order valence-corrected chi connectivity index (χ1v) is 13.3. The first-order chi connectivity index (χ1) is 17.2. The minimum atomic E-state index is -0.684. The van der Waals surface area contributed by atoms with Gasteiger partial charge >= 0.3 is 5.97 Å². The molecular weight excluding hydrogens is 498 g/mol. The zero-order valence-corrected chi connectivity index (χ0v) is 21.9. The van der Waals surface area contributed by atoms with Crippen molar-refractivity contribution >= 4 is 40.8 Å². The minimum Gasteiger partial charge on any atom is -0.462 e. The van der Waals surface area contributed by atoms with Crippen LogP contribution in [0.1, 0.15) is 37.9 Å². The van der Waals surface area contributed by atoms with Gasteiger partial charge in [0, 0.05) is 17.0 Å². The number of carbonyl (C=O) groups excluding carboxylic acids is 1. The van der Waals surface area contributed by atoms with Crippen LogP contribution in [0.3, 0.4) is 0 Å². The zero-order valence-electron chi connectivity index (χ0n) is 20.3. The highest BCUT2D eigenvalue weighted by Gasteiger charge is 2.33. The smallest absolute Gasteiger partial charge is 0.338 e. The fourth-order valence-corrected chi connectivity index (χ4v) is 5.30. The van der Waals surface area contributed by atoms with E-state index in [4.69, 9.17) is 4.74 Å². The van der Waals surface area contributed by atoms with Crippen LogP contribution >= 0.6 is 23.1 Å². The monoisotopic (exact) mass is 523 g/mol. The maximum atomic E-state index is 13.6. The molecule has 2 aromatic carbocycles. The number of nitrogens with zero attached hydrogens (tertiary/aromatic N) is 3. The second-order valence-electron chi connectivity index (χ2n) is 8.70. The van der Waals surface area contributed by atoms with Crippen molar-refractivity contribution in [1.82, 2.24) is 4.57 Å². The molecule has 1 aromatic heterocycles. The molecule has 8 nitrogen and oxygen atoms in total. The SMILES string of the molecule is CSc1ccc(C2C(C(=O)OCC(C)C)=C(C)N=c3sc(=Cc4ccc([N+](=O)[O-])cc4)c(=O)n32)cc1. The lowest BCUT2D eigenvalue weighted by Gasteiger charge is -2.25. The molecule has 0 amide bonds. The summed E-state index contributed by atoms with van der Waals surface area (Å²) < 4.78 is 7.51. The number of thioether (sulfide) groups is 1. The fourth-order valence-electron chi connectivity index (χ4n) is 3.85. The number of non-ortho nitro benzene ring substituents is 1. The van der Waals surface area contributed by atoms with E-state index >= 15 is 0 Å². The normalized spacial score (nSPS) is 15.6. The summed E-state index contributed by atoms with van der Waals surface area (Å²) in [6.45, 7) is 5.93. The Bertz CT molecular complexity index is 1520. The van der Waals surface area contributed by atoms with Gasteiger partial charge in [0.2, 0.25) is 0 Å². The summed E-state index contributed by atoms with van der Waals surface area (Å²) in [5.74, 6) is -0.328. The predicted octanol–water partition coefficient (Wildman–Crippen LogP) is 4.06. The maximum Gasteiger partial charge on any atom is 0.338 e. The Morgan fingerprint density at radius 1 is 1.22 bits per heavy atom. The van der Waals surface area contributed by atoms with E-state index in [0.29, 0.717) is 26.2 Å². The largest absolute Gasteiger partial charge is 0.462 e. The molecule has 3 aromatic rings. The zero-order chi connectivity index (χ0) is 26.0. The van der Waals surface area contributed by atoms with Crippen molar-refractivity contribution in [2.45, 2.75) is 31.7 Å². The number of allylic oxidation sites excluding steroid dienone is 1. The third kappa shape index (κ3) is 5.19. The number of fused-ring (bicyclic) bond motifs is 1. The van der Waals surface area contributed by atoms with E-state index in [2.05, 4.69) is 4.99 Å². The molecular formula is C26H25N3O5S2. The Hall–Kier alpha value is -3.50. The summed E-state index contributed by atoms with van der Waals surface area (Å²) in [6, 6.07) is 13.0. The molecule has 4 rings (SSSR count). The van der Waals surface area contributed by atoms with Crippen LogP contribution in [0.15, 0.2) is 74.5 Å². The van der Waals surface area contributed by atoms with Crippen LogP contribution in [0.2, 0.25) is 0 Å². The Labute approximate surface area is 215 Å². The summed E-state index contributed by atoms with van der Waals surface area (Å²) in [5, 5.41) is 11.0. The van der Waals surface area contributed by atoms with Gasteiger partial charge in [0.15, 0.2) is 4.80 Å². The van der Waals surface area contributed by atoms with Gasteiger partial charge < -0.3 is 4.74 Å². The topological polar surface area (TPSA) is 104 Å². The molecule has 1 atom stereocenters. The van der Waals surface area contributed by atoms with Crippen molar-refractivity contribution in [3.63, 3.8) is 0 Å². The molecule has 2 heterocycles. The molecule has 0 spiro atoms. The van der Waals surface area contributed by atoms with Crippen LogP contribution in [-0.2, 0) is 9.53 Å². The molecule has 1 aliphatic heterocycles. The van der Waals surface area contributed by atoms with E-state index in [9.17, 15) is 19.7 Å². The first kappa shape index (κ1) is 25.6. The Balaban J connectivity index is 1.86. The number of esters is 1. The van der Waals surface area contributed by atoms with Crippen LogP contribution in [0.4, 0.5) is 5.69 Å². The highest BCUT2D eigenvalue weighted by atomic mass is 32.2. The number of benzene rings is 2. The van der Waals surface area contributed by atoms with Gasteiger partial charge in [-0.05, 0) is 60.6 Å². The van der Waals surface area contributed by atoms with Crippen LogP contribution in [0.5, 0.6) is 0 Å². The number of nitro groups is 1. The van der Waals surface area contributed by atoms with Gasteiger partial charge in [-0.25, -0.2) is 9.79 Å². The number of thiazole rings is 1. The fraction of sp³-hybridized carbons (Fsp3) is 0.269. The number of ether oxygens (including phenoxy) is 1. The van der Waals surface area contributed by atoms with Gasteiger partial charge in [0.05, 0.1) is 33.4 Å². The third-order valence-electron chi connectivity index (χ3n) is 5.62. The van der Waals surface area contributed by atoms with E-state index in [1.807, 2.05) is 44.4 Å². The summed E-state index contributed by atoms with van der Waals surface area (Å²) in [4.78, 5) is 43.5. The summed E-state index contributed by atoms with van der Waals surface area (Å²) >= 11 is 2.82. The van der Waals surface area contributed by atoms with E-state index in [0.717, 1.165) is 10.5 Å². The number of aromatic nitrogens is 1. The van der Waals surface area contributed by atoms with Crippen molar-refractivity contribution < 1.29 is 14.5 Å². The second-order valence-corrected chi connectivity index (χ2v) is 10.6. The Kier molecular flexibility index (Phi) is 7.56. The van der Waals surface area contributed by atoms with Gasteiger partial charge in [-0.3, -0.25) is 19.5 Å². The molecule has 0 aliphatic carbocycles. The molecule has 10 heteroatoms. The Morgan fingerprint density at radius 2 is 1.89 bits per heavy atom.